The second kappa shape index (κ2) is 14.4. The Balaban J connectivity index is 1.48. The van der Waals surface area contributed by atoms with Gasteiger partial charge in [-0.3, -0.25) is 4.79 Å². The van der Waals surface area contributed by atoms with Gasteiger partial charge in [0.1, 0.15) is 23.0 Å². The Morgan fingerprint density at radius 1 is 1.04 bits per heavy atom. The SMILES string of the molecule is CCN(C(=O)OC(C)(C)C)[C@H](CC(=O)N1CCN(c2nc(N)c3cc(OC)c(OC)cc3n2)C(c2cccc(O)c2)C1)c1ccc(F)cc1. The first-order valence-corrected chi connectivity index (χ1v) is 16.1. The van der Waals surface area contributed by atoms with Crippen LogP contribution in [-0.4, -0.2) is 82.9 Å². The van der Waals surface area contributed by atoms with Gasteiger partial charge in [-0.25, -0.2) is 14.2 Å². The van der Waals surface area contributed by atoms with Crippen molar-refractivity contribution in [1.29, 1.82) is 0 Å². The van der Waals surface area contributed by atoms with E-state index in [4.69, 9.17) is 24.9 Å². The molecule has 260 valence electrons. The summed E-state index contributed by atoms with van der Waals surface area (Å²) >= 11 is 0. The Hall–Kier alpha value is -5.33. The molecule has 0 aliphatic carbocycles. The average molecular weight is 675 g/mol. The minimum atomic E-state index is -0.752. The zero-order valence-corrected chi connectivity index (χ0v) is 28.6. The van der Waals surface area contributed by atoms with Crippen molar-refractivity contribution in [3.8, 4) is 17.2 Å². The van der Waals surface area contributed by atoms with Gasteiger partial charge in [0.15, 0.2) is 11.5 Å². The van der Waals surface area contributed by atoms with Gasteiger partial charge in [0.2, 0.25) is 11.9 Å². The molecule has 4 aromatic rings. The second-order valence-corrected chi connectivity index (χ2v) is 12.8. The first-order valence-electron chi connectivity index (χ1n) is 16.1. The van der Waals surface area contributed by atoms with E-state index in [9.17, 15) is 19.1 Å². The largest absolute Gasteiger partial charge is 0.508 e. The fraction of sp³-hybridized carbons (Fsp3) is 0.389. The molecule has 2 heterocycles. The molecule has 2 atom stereocenters. The third-order valence-electron chi connectivity index (χ3n) is 8.43. The Morgan fingerprint density at radius 3 is 2.37 bits per heavy atom. The van der Waals surface area contributed by atoms with Crippen LogP contribution in [0.15, 0.2) is 60.7 Å². The molecule has 0 spiro atoms. The third kappa shape index (κ3) is 7.87. The van der Waals surface area contributed by atoms with E-state index in [1.165, 1.54) is 31.3 Å². The number of phenolic OH excluding ortho intramolecular Hbond substituents is 1. The number of nitrogens with zero attached hydrogens (tertiary/aromatic N) is 5. The van der Waals surface area contributed by atoms with Gasteiger partial charge in [0.05, 0.1) is 38.2 Å². The number of halogens is 1. The topological polar surface area (TPSA) is 144 Å². The van der Waals surface area contributed by atoms with Gasteiger partial charge in [0.25, 0.3) is 0 Å². The van der Waals surface area contributed by atoms with E-state index in [0.717, 1.165) is 5.56 Å². The van der Waals surface area contributed by atoms with Gasteiger partial charge in [-0.05, 0) is 69.2 Å². The Bertz CT molecular complexity index is 1810. The fourth-order valence-electron chi connectivity index (χ4n) is 6.05. The van der Waals surface area contributed by atoms with Crippen LogP contribution in [0, 0.1) is 5.82 Å². The lowest BCUT2D eigenvalue weighted by Gasteiger charge is -2.42. The highest BCUT2D eigenvalue weighted by molar-refractivity contribution is 5.92. The van der Waals surface area contributed by atoms with E-state index < -0.39 is 29.6 Å². The number of hydrogen-bond acceptors (Lipinski definition) is 10. The van der Waals surface area contributed by atoms with Crippen molar-refractivity contribution in [3.63, 3.8) is 0 Å². The number of ether oxygens (including phenoxy) is 3. The van der Waals surface area contributed by atoms with Gasteiger partial charge < -0.3 is 39.8 Å². The number of aromatic hydroxyl groups is 1. The van der Waals surface area contributed by atoms with E-state index in [-0.39, 0.29) is 37.0 Å². The summed E-state index contributed by atoms with van der Waals surface area (Å²) in [6.45, 7) is 8.28. The van der Waals surface area contributed by atoms with Crippen LogP contribution in [0.25, 0.3) is 10.9 Å². The number of anilines is 2. The summed E-state index contributed by atoms with van der Waals surface area (Å²) < 4.78 is 30.5. The summed E-state index contributed by atoms with van der Waals surface area (Å²) in [5.74, 6) is 1.02. The molecule has 2 amide bonds. The number of nitrogens with two attached hydrogens (primary N) is 1. The van der Waals surface area contributed by atoms with Gasteiger partial charge >= 0.3 is 6.09 Å². The van der Waals surface area contributed by atoms with Crippen molar-refractivity contribution in [1.82, 2.24) is 19.8 Å². The van der Waals surface area contributed by atoms with Crippen molar-refractivity contribution in [2.75, 3.05) is 51.0 Å². The van der Waals surface area contributed by atoms with Gasteiger partial charge in [-0.2, -0.15) is 4.98 Å². The Labute approximate surface area is 285 Å². The number of carbonyl (C=O) groups excluding carboxylic acids is 2. The highest BCUT2D eigenvalue weighted by Crippen LogP contribution is 2.37. The van der Waals surface area contributed by atoms with Crippen molar-refractivity contribution in [3.05, 3.63) is 77.6 Å². The van der Waals surface area contributed by atoms with Crippen molar-refractivity contribution >= 4 is 34.7 Å². The number of methoxy groups -OCH3 is 2. The number of hydrogen-bond donors (Lipinski definition) is 2. The number of piperazine rings is 1. The van der Waals surface area contributed by atoms with Gasteiger partial charge in [-0.15, -0.1) is 0 Å². The summed E-state index contributed by atoms with van der Waals surface area (Å²) in [5.41, 5.74) is 7.59. The first kappa shape index (κ1) is 35.0. The Kier molecular flexibility index (Phi) is 10.3. The van der Waals surface area contributed by atoms with Crippen molar-refractivity contribution in [2.45, 2.75) is 51.8 Å². The number of carbonyl (C=O) groups is 2. The number of rotatable bonds is 9. The predicted molar refractivity (Wildman–Crippen MR) is 184 cm³/mol. The Morgan fingerprint density at radius 2 is 1.73 bits per heavy atom. The van der Waals surface area contributed by atoms with Crippen LogP contribution >= 0.6 is 0 Å². The molecular weight excluding hydrogens is 631 g/mol. The lowest BCUT2D eigenvalue weighted by molar-refractivity contribution is -0.133. The maximum atomic E-state index is 14.2. The minimum Gasteiger partial charge on any atom is -0.508 e. The van der Waals surface area contributed by atoms with Crippen LogP contribution in [0.1, 0.15) is 57.3 Å². The van der Waals surface area contributed by atoms with Crippen LogP contribution in [0.5, 0.6) is 17.2 Å². The smallest absolute Gasteiger partial charge is 0.410 e. The molecule has 13 heteroatoms. The number of fused-ring (bicyclic) bond motifs is 1. The standard InChI is InChI=1S/C36H43FN6O6/c1-7-42(35(46)49-36(2,3)4)28(22-11-13-24(37)14-12-22)20-32(45)41-15-16-43(29(21-41)23-9-8-10-25(44)17-23)34-39-27-19-31(48-6)30(47-5)18-26(27)33(38)40-34/h8-14,17-19,28-29,44H,7,15-16,20-21H2,1-6H3,(H2,38,39,40)/t28-,29?/m1/s1. The molecule has 1 aliphatic heterocycles. The van der Waals surface area contributed by atoms with Crippen molar-refractivity contribution in [2.24, 2.45) is 0 Å². The highest BCUT2D eigenvalue weighted by atomic mass is 19.1. The van der Waals surface area contributed by atoms with Crippen LogP contribution < -0.4 is 20.1 Å². The molecule has 49 heavy (non-hydrogen) atoms. The molecule has 3 N–H and O–H groups in total. The zero-order valence-electron chi connectivity index (χ0n) is 28.6. The number of nitrogen functional groups attached to an aromatic ring is 1. The summed E-state index contributed by atoms with van der Waals surface area (Å²) in [5, 5.41) is 11.0. The molecule has 3 aromatic carbocycles. The maximum Gasteiger partial charge on any atom is 0.410 e. The van der Waals surface area contributed by atoms with Crippen molar-refractivity contribution < 1.29 is 33.3 Å². The summed E-state index contributed by atoms with van der Waals surface area (Å²) in [7, 11) is 3.08. The molecule has 12 nitrogen and oxygen atoms in total. The molecule has 1 saturated heterocycles. The monoisotopic (exact) mass is 674 g/mol. The average Bonchev–Trinajstić information content (AvgIpc) is 3.06. The summed E-state index contributed by atoms with van der Waals surface area (Å²) in [4.78, 5) is 42.1. The first-order chi connectivity index (χ1) is 23.3. The molecule has 1 unspecified atom stereocenters. The van der Waals surface area contributed by atoms with E-state index in [1.807, 2.05) is 17.9 Å². The summed E-state index contributed by atoms with van der Waals surface area (Å²) in [6.07, 6.45) is -0.633. The molecule has 0 bridgehead atoms. The fourth-order valence-corrected chi connectivity index (χ4v) is 6.05. The third-order valence-corrected chi connectivity index (χ3v) is 8.43. The van der Waals surface area contributed by atoms with Crippen LogP contribution in [0.4, 0.5) is 21.0 Å². The quantitative estimate of drug-likeness (QED) is 0.222. The molecule has 1 aliphatic rings. The minimum absolute atomic E-state index is 0.0630. The molecule has 0 saturated carbocycles. The number of amides is 2. The molecule has 0 radical (unpaired) electrons. The van der Waals surface area contributed by atoms with E-state index in [1.54, 1.807) is 68.1 Å². The highest BCUT2D eigenvalue weighted by Gasteiger charge is 2.36. The van der Waals surface area contributed by atoms with Crippen LogP contribution in [-0.2, 0) is 9.53 Å². The normalized spacial score (nSPS) is 15.5. The number of aromatic nitrogens is 2. The molecule has 5 rings (SSSR count). The molecular formula is C36H43FN6O6. The lowest BCUT2D eigenvalue weighted by atomic mass is 9.99. The van der Waals surface area contributed by atoms with E-state index in [0.29, 0.717) is 47.0 Å². The zero-order chi connectivity index (χ0) is 35.5. The lowest BCUT2D eigenvalue weighted by Crippen LogP contribution is -2.52. The van der Waals surface area contributed by atoms with Gasteiger partial charge in [0, 0.05) is 37.6 Å². The summed E-state index contributed by atoms with van der Waals surface area (Å²) in [6, 6.07) is 14.9. The predicted octanol–water partition coefficient (Wildman–Crippen LogP) is 5.85. The number of phenols is 1. The van der Waals surface area contributed by atoms with Crippen LogP contribution in [0.3, 0.4) is 0 Å². The van der Waals surface area contributed by atoms with Gasteiger partial charge in [-0.1, -0.05) is 24.3 Å². The molecule has 1 fully saturated rings. The van der Waals surface area contributed by atoms with E-state index >= 15 is 0 Å². The van der Waals surface area contributed by atoms with E-state index in [2.05, 4.69) is 4.98 Å². The molecule has 1 aromatic heterocycles. The van der Waals surface area contributed by atoms with Crippen LogP contribution in [0.2, 0.25) is 0 Å². The number of benzene rings is 3. The second-order valence-electron chi connectivity index (χ2n) is 12.8. The maximum absolute atomic E-state index is 14.2.